The highest BCUT2D eigenvalue weighted by molar-refractivity contribution is 6.20. The van der Waals surface area contributed by atoms with Crippen LogP contribution in [-0.2, 0) is 4.79 Å². The summed E-state index contributed by atoms with van der Waals surface area (Å²) in [4.78, 5) is 11.7. The number of carbonyl (C=O) groups is 1. The van der Waals surface area contributed by atoms with Crippen molar-refractivity contribution in [1.82, 2.24) is 0 Å². The second kappa shape index (κ2) is 7.63. The topological polar surface area (TPSA) is 46.5 Å². The van der Waals surface area contributed by atoms with Crippen molar-refractivity contribution >= 4 is 17.6 Å². The number of para-hydroxylation sites is 1. The van der Waals surface area contributed by atoms with E-state index in [0.29, 0.717) is 23.8 Å². The maximum atomic E-state index is 11.7. The minimum absolute atomic E-state index is 0.255. The fourth-order valence-corrected chi connectivity index (χ4v) is 2.14. The summed E-state index contributed by atoms with van der Waals surface area (Å²) in [5, 5.41) is 9.56. The summed E-state index contributed by atoms with van der Waals surface area (Å²) >= 11 is 0. The smallest absolute Gasteiger partial charge is 0.336 e. The van der Waals surface area contributed by atoms with Gasteiger partial charge in [0.1, 0.15) is 5.75 Å². The first-order chi connectivity index (χ1) is 11.0. The summed E-state index contributed by atoms with van der Waals surface area (Å²) in [6, 6.07) is 15.0. The normalized spacial score (nSPS) is 11.6. The first kappa shape index (κ1) is 16.8. The highest BCUT2D eigenvalue weighted by Crippen LogP contribution is 2.25. The van der Waals surface area contributed by atoms with Crippen molar-refractivity contribution in [3.63, 3.8) is 0 Å². The number of aryl methyl sites for hydroxylation is 1. The molecular formula is C20H22O3. The Labute approximate surface area is 137 Å². The molecule has 2 rings (SSSR count). The van der Waals surface area contributed by atoms with Gasteiger partial charge in [-0.3, -0.25) is 0 Å². The predicted octanol–water partition coefficient (Wildman–Crippen LogP) is 4.66. The van der Waals surface area contributed by atoms with Crippen LogP contribution in [0.1, 0.15) is 30.5 Å². The van der Waals surface area contributed by atoms with Crippen molar-refractivity contribution in [2.24, 2.45) is 5.92 Å². The van der Waals surface area contributed by atoms with E-state index in [9.17, 15) is 9.90 Å². The molecule has 0 radical (unpaired) electrons. The molecule has 3 heteroatoms. The van der Waals surface area contributed by atoms with Crippen molar-refractivity contribution in [2.45, 2.75) is 20.8 Å². The lowest BCUT2D eigenvalue weighted by Crippen LogP contribution is -2.06. The highest BCUT2D eigenvalue weighted by atomic mass is 16.5. The molecule has 0 amide bonds. The fourth-order valence-electron chi connectivity index (χ4n) is 2.14. The van der Waals surface area contributed by atoms with E-state index in [2.05, 4.69) is 13.8 Å². The second-order valence-electron chi connectivity index (χ2n) is 5.97. The number of carboxylic acid groups (broad SMARTS) is 1. The summed E-state index contributed by atoms with van der Waals surface area (Å²) in [6.07, 6.45) is 1.67. The van der Waals surface area contributed by atoms with Crippen LogP contribution >= 0.6 is 0 Å². The van der Waals surface area contributed by atoms with Crippen LogP contribution in [0.15, 0.2) is 48.5 Å². The number of carboxylic acids is 1. The van der Waals surface area contributed by atoms with Crippen molar-refractivity contribution in [2.75, 3.05) is 6.61 Å². The Morgan fingerprint density at radius 3 is 2.39 bits per heavy atom. The van der Waals surface area contributed by atoms with Gasteiger partial charge in [0.2, 0.25) is 0 Å². The molecule has 0 atom stereocenters. The van der Waals surface area contributed by atoms with Crippen LogP contribution in [0.2, 0.25) is 0 Å². The molecule has 0 unspecified atom stereocenters. The molecule has 0 spiro atoms. The zero-order valence-corrected chi connectivity index (χ0v) is 13.7. The number of ether oxygens (including phenoxy) is 1. The van der Waals surface area contributed by atoms with E-state index in [0.717, 1.165) is 11.1 Å². The average Bonchev–Trinajstić information content (AvgIpc) is 2.52. The van der Waals surface area contributed by atoms with Gasteiger partial charge in [0, 0.05) is 5.56 Å². The van der Waals surface area contributed by atoms with Gasteiger partial charge >= 0.3 is 5.97 Å². The summed E-state index contributed by atoms with van der Waals surface area (Å²) in [5.74, 6) is 0.155. The lowest BCUT2D eigenvalue weighted by Gasteiger charge is -2.12. The summed E-state index contributed by atoms with van der Waals surface area (Å²) < 4.78 is 5.80. The van der Waals surface area contributed by atoms with Crippen molar-refractivity contribution in [1.29, 1.82) is 0 Å². The van der Waals surface area contributed by atoms with E-state index in [-0.39, 0.29) is 5.57 Å². The molecule has 0 aliphatic rings. The molecule has 0 bridgehead atoms. The Bertz CT molecular complexity index is 697. The molecule has 0 fully saturated rings. The first-order valence-corrected chi connectivity index (χ1v) is 7.71. The predicted molar refractivity (Wildman–Crippen MR) is 93.5 cm³/mol. The van der Waals surface area contributed by atoms with Gasteiger partial charge in [-0.2, -0.15) is 0 Å². The van der Waals surface area contributed by atoms with Crippen LogP contribution in [0.4, 0.5) is 0 Å². The van der Waals surface area contributed by atoms with E-state index in [1.807, 2.05) is 55.5 Å². The van der Waals surface area contributed by atoms with Gasteiger partial charge in [-0.1, -0.05) is 61.9 Å². The van der Waals surface area contributed by atoms with Crippen molar-refractivity contribution in [3.8, 4) is 5.75 Å². The monoisotopic (exact) mass is 310 g/mol. The molecule has 0 saturated carbocycles. The third kappa shape index (κ3) is 4.71. The van der Waals surface area contributed by atoms with Crippen LogP contribution in [0.5, 0.6) is 5.75 Å². The van der Waals surface area contributed by atoms with Gasteiger partial charge in [0.15, 0.2) is 0 Å². The molecule has 0 aromatic heterocycles. The third-order valence-corrected chi connectivity index (χ3v) is 3.38. The van der Waals surface area contributed by atoms with Crippen LogP contribution < -0.4 is 4.74 Å². The van der Waals surface area contributed by atoms with Gasteiger partial charge in [-0.25, -0.2) is 4.79 Å². The average molecular weight is 310 g/mol. The molecule has 0 aliphatic heterocycles. The Hall–Kier alpha value is -2.55. The maximum absolute atomic E-state index is 11.7. The molecule has 0 saturated heterocycles. The Balaban J connectivity index is 2.40. The molecule has 3 nitrogen and oxygen atoms in total. The van der Waals surface area contributed by atoms with Gasteiger partial charge in [0.25, 0.3) is 0 Å². The van der Waals surface area contributed by atoms with E-state index < -0.39 is 5.97 Å². The molecule has 2 aromatic carbocycles. The SMILES string of the molecule is Cc1ccc(/C(=C/c2ccccc2OCC(C)C)C(=O)O)cc1. The lowest BCUT2D eigenvalue weighted by atomic mass is 10.0. The maximum Gasteiger partial charge on any atom is 0.336 e. The Kier molecular flexibility index (Phi) is 5.58. The number of hydrogen-bond donors (Lipinski definition) is 1. The van der Waals surface area contributed by atoms with E-state index in [1.54, 1.807) is 6.08 Å². The zero-order valence-electron chi connectivity index (χ0n) is 13.7. The molecular weight excluding hydrogens is 288 g/mol. The molecule has 2 aromatic rings. The minimum Gasteiger partial charge on any atom is -0.493 e. The van der Waals surface area contributed by atoms with E-state index in [4.69, 9.17) is 4.74 Å². The highest BCUT2D eigenvalue weighted by Gasteiger charge is 2.12. The number of hydrogen-bond acceptors (Lipinski definition) is 2. The van der Waals surface area contributed by atoms with Gasteiger partial charge in [0.05, 0.1) is 12.2 Å². The van der Waals surface area contributed by atoms with Gasteiger partial charge in [-0.15, -0.1) is 0 Å². The largest absolute Gasteiger partial charge is 0.493 e. The van der Waals surface area contributed by atoms with Crippen molar-refractivity contribution < 1.29 is 14.6 Å². The van der Waals surface area contributed by atoms with Crippen molar-refractivity contribution in [3.05, 3.63) is 65.2 Å². The summed E-state index contributed by atoms with van der Waals surface area (Å²) in [7, 11) is 0. The van der Waals surface area contributed by atoms with E-state index >= 15 is 0 Å². The first-order valence-electron chi connectivity index (χ1n) is 7.71. The number of rotatable bonds is 6. The lowest BCUT2D eigenvalue weighted by molar-refractivity contribution is -0.130. The second-order valence-corrected chi connectivity index (χ2v) is 5.97. The zero-order chi connectivity index (χ0) is 16.8. The van der Waals surface area contributed by atoms with Gasteiger partial charge in [-0.05, 0) is 30.5 Å². The van der Waals surface area contributed by atoms with Crippen LogP contribution in [0.25, 0.3) is 11.6 Å². The number of aliphatic carboxylic acids is 1. The van der Waals surface area contributed by atoms with Gasteiger partial charge < -0.3 is 9.84 Å². The van der Waals surface area contributed by atoms with Crippen LogP contribution in [-0.4, -0.2) is 17.7 Å². The quantitative estimate of drug-likeness (QED) is 0.624. The molecule has 23 heavy (non-hydrogen) atoms. The molecule has 120 valence electrons. The minimum atomic E-state index is -0.951. The number of benzene rings is 2. The molecule has 0 heterocycles. The summed E-state index contributed by atoms with van der Waals surface area (Å²) in [6.45, 7) is 6.72. The molecule has 0 aliphatic carbocycles. The van der Waals surface area contributed by atoms with Crippen LogP contribution in [0.3, 0.4) is 0 Å². The molecule has 1 N–H and O–H groups in total. The van der Waals surface area contributed by atoms with Crippen LogP contribution in [0, 0.1) is 12.8 Å². The van der Waals surface area contributed by atoms with E-state index in [1.165, 1.54) is 0 Å². The third-order valence-electron chi connectivity index (χ3n) is 3.38. The summed E-state index contributed by atoms with van der Waals surface area (Å²) in [5.41, 5.74) is 2.80. The Morgan fingerprint density at radius 2 is 1.78 bits per heavy atom. The fraction of sp³-hybridized carbons (Fsp3) is 0.250. The Morgan fingerprint density at radius 1 is 1.13 bits per heavy atom. The standard InChI is InChI=1S/C20H22O3/c1-14(2)13-23-19-7-5-4-6-17(19)12-18(20(21)22)16-10-8-15(3)9-11-16/h4-12,14H,13H2,1-3H3,(H,21,22)/b18-12-.